The lowest BCUT2D eigenvalue weighted by Crippen LogP contribution is -2.42. The van der Waals surface area contributed by atoms with E-state index in [0.717, 1.165) is 61.9 Å². The Labute approximate surface area is 192 Å². The summed E-state index contributed by atoms with van der Waals surface area (Å²) < 4.78 is 5.44. The number of nitrogens with one attached hydrogen (secondary N) is 1. The van der Waals surface area contributed by atoms with Crippen molar-refractivity contribution in [2.45, 2.75) is 98.4 Å². The van der Waals surface area contributed by atoms with Gasteiger partial charge in [0.15, 0.2) is 0 Å². The number of amides is 2. The largest absolute Gasteiger partial charge is 0.381 e. The van der Waals surface area contributed by atoms with Gasteiger partial charge in [0.25, 0.3) is 0 Å². The number of hydrogen-bond acceptors (Lipinski definition) is 5. The quantitative estimate of drug-likeness (QED) is 0.513. The van der Waals surface area contributed by atoms with Gasteiger partial charge in [-0.25, -0.2) is 4.98 Å². The Bertz CT molecular complexity index is 652. The molecule has 6 nitrogen and oxygen atoms in total. The van der Waals surface area contributed by atoms with Crippen molar-refractivity contribution in [3.05, 3.63) is 15.6 Å². The molecule has 31 heavy (non-hydrogen) atoms. The number of thiazole rings is 1. The van der Waals surface area contributed by atoms with Gasteiger partial charge in [-0.3, -0.25) is 9.59 Å². The summed E-state index contributed by atoms with van der Waals surface area (Å²) in [4.78, 5) is 28.1. The Kier molecular flexibility index (Phi) is 13.7. The van der Waals surface area contributed by atoms with E-state index in [9.17, 15) is 9.59 Å². The van der Waals surface area contributed by atoms with Crippen molar-refractivity contribution in [1.29, 1.82) is 0 Å². The number of aromatic nitrogens is 1. The molecular formula is C24H43N3O3S. The maximum Gasteiger partial charge on any atom is 0.220 e. The molecule has 1 unspecified atom stereocenters. The lowest BCUT2D eigenvalue weighted by atomic mass is 9.90. The molecule has 1 aromatic heterocycles. The molecule has 178 valence electrons. The minimum atomic E-state index is -0.245. The third kappa shape index (κ3) is 10.6. The highest BCUT2D eigenvalue weighted by Gasteiger charge is 2.24. The fourth-order valence-corrected chi connectivity index (χ4v) is 4.98. The lowest BCUT2D eigenvalue weighted by molar-refractivity contribution is -0.122. The summed E-state index contributed by atoms with van der Waals surface area (Å²) >= 11 is 1.81. The van der Waals surface area contributed by atoms with Crippen molar-refractivity contribution in [3.8, 4) is 0 Å². The van der Waals surface area contributed by atoms with E-state index in [2.05, 4.69) is 38.7 Å². The van der Waals surface area contributed by atoms with E-state index in [1.807, 2.05) is 0 Å². The van der Waals surface area contributed by atoms with Crippen molar-refractivity contribution in [3.63, 3.8) is 0 Å². The Balaban J connectivity index is 0.000000861. The van der Waals surface area contributed by atoms with Crippen LogP contribution in [-0.4, -0.2) is 36.1 Å². The summed E-state index contributed by atoms with van der Waals surface area (Å²) in [6.45, 7) is 12.2. The number of aryl methyl sites for hydroxylation is 2. The van der Waals surface area contributed by atoms with Crippen molar-refractivity contribution in [2.24, 2.45) is 17.6 Å². The van der Waals surface area contributed by atoms with Gasteiger partial charge in [0.1, 0.15) is 0 Å². The highest BCUT2D eigenvalue weighted by molar-refractivity contribution is 7.11. The average Bonchev–Trinajstić information content (AvgIpc) is 3.14. The molecular weight excluding hydrogens is 410 g/mol. The number of carbonyl (C=O) groups excluding carboxylic acids is 2. The monoisotopic (exact) mass is 453 g/mol. The highest BCUT2D eigenvalue weighted by atomic mass is 32.1. The number of ether oxygens (including phenoxy) is 1. The van der Waals surface area contributed by atoms with Crippen LogP contribution in [0.1, 0.15) is 88.2 Å². The van der Waals surface area contributed by atoms with E-state index in [4.69, 9.17) is 9.72 Å². The smallest absolute Gasteiger partial charge is 0.220 e. The maximum atomic E-state index is 12.4. The summed E-state index contributed by atoms with van der Waals surface area (Å²) in [5.41, 5.74) is 5.81. The maximum absolute atomic E-state index is 12.4. The molecule has 1 atom stereocenters. The summed E-state index contributed by atoms with van der Waals surface area (Å²) in [7, 11) is 0. The first-order valence-corrected chi connectivity index (χ1v) is 12.8. The number of primary amides is 1. The van der Waals surface area contributed by atoms with Crippen LogP contribution < -0.4 is 11.1 Å². The van der Waals surface area contributed by atoms with Crippen LogP contribution in [0.15, 0.2) is 0 Å². The van der Waals surface area contributed by atoms with Crippen molar-refractivity contribution < 1.29 is 14.3 Å². The molecule has 0 saturated carbocycles. The van der Waals surface area contributed by atoms with Crippen LogP contribution in [0, 0.1) is 18.8 Å². The van der Waals surface area contributed by atoms with Crippen molar-refractivity contribution in [2.75, 3.05) is 13.2 Å². The van der Waals surface area contributed by atoms with Crippen LogP contribution in [0.2, 0.25) is 0 Å². The number of hydrogen-bond donors (Lipinski definition) is 2. The molecule has 0 bridgehead atoms. The Morgan fingerprint density at radius 1 is 1.16 bits per heavy atom. The summed E-state index contributed by atoms with van der Waals surface area (Å²) in [5.74, 6) is 1.23. The molecule has 1 aromatic rings. The number of nitrogens with two attached hydrogens (primary N) is 1. The zero-order chi connectivity index (χ0) is 23.2. The molecule has 1 aliphatic rings. The molecule has 2 heterocycles. The molecule has 1 aliphatic heterocycles. The summed E-state index contributed by atoms with van der Waals surface area (Å²) in [6.07, 6.45) is 8.42. The van der Waals surface area contributed by atoms with E-state index in [1.54, 1.807) is 18.3 Å². The zero-order valence-corrected chi connectivity index (χ0v) is 21.0. The third-order valence-electron chi connectivity index (χ3n) is 6.10. The van der Waals surface area contributed by atoms with E-state index >= 15 is 0 Å². The SMILES string of the molecule is CCC(CC)Cc1sc(CCC(=O)NC(CC)C2CCOCC2)nc1C.CCC(N)=O. The molecule has 2 rings (SSSR count). The van der Waals surface area contributed by atoms with Gasteiger partial charge < -0.3 is 15.8 Å². The van der Waals surface area contributed by atoms with Gasteiger partial charge in [0, 0.05) is 43.4 Å². The Morgan fingerprint density at radius 2 is 1.77 bits per heavy atom. The van der Waals surface area contributed by atoms with Gasteiger partial charge in [0.2, 0.25) is 11.8 Å². The molecule has 3 N–H and O–H groups in total. The number of nitrogens with zero attached hydrogens (tertiary/aromatic N) is 1. The van der Waals surface area contributed by atoms with Gasteiger partial charge in [0.05, 0.1) is 10.7 Å². The second kappa shape index (κ2) is 15.4. The van der Waals surface area contributed by atoms with E-state index in [1.165, 1.54) is 17.7 Å². The van der Waals surface area contributed by atoms with Crippen LogP contribution in [0.25, 0.3) is 0 Å². The summed E-state index contributed by atoms with van der Waals surface area (Å²) in [5, 5.41) is 4.37. The topological polar surface area (TPSA) is 94.3 Å². The van der Waals surface area contributed by atoms with Crippen LogP contribution >= 0.6 is 11.3 Å². The zero-order valence-electron chi connectivity index (χ0n) is 20.2. The Hall–Kier alpha value is -1.47. The van der Waals surface area contributed by atoms with Crippen LogP contribution in [0.4, 0.5) is 0 Å². The molecule has 1 saturated heterocycles. The first-order chi connectivity index (χ1) is 14.8. The van der Waals surface area contributed by atoms with Crippen LogP contribution in [0.5, 0.6) is 0 Å². The van der Waals surface area contributed by atoms with Crippen molar-refractivity contribution >= 4 is 23.2 Å². The predicted molar refractivity (Wildman–Crippen MR) is 128 cm³/mol. The second-order valence-electron chi connectivity index (χ2n) is 8.35. The second-order valence-corrected chi connectivity index (χ2v) is 9.52. The van der Waals surface area contributed by atoms with Crippen LogP contribution in [-0.2, 0) is 27.2 Å². The molecule has 2 amide bonds. The first-order valence-electron chi connectivity index (χ1n) is 11.9. The van der Waals surface area contributed by atoms with E-state index < -0.39 is 0 Å². The van der Waals surface area contributed by atoms with E-state index in [-0.39, 0.29) is 17.9 Å². The lowest BCUT2D eigenvalue weighted by Gasteiger charge is -2.30. The fourth-order valence-electron chi connectivity index (χ4n) is 3.79. The number of carbonyl (C=O) groups is 2. The third-order valence-corrected chi connectivity index (χ3v) is 7.34. The number of rotatable bonds is 11. The predicted octanol–water partition coefficient (Wildman–Crippen LogP) is 4.57. The minimum Gasteiger partial charge on any atom is -0.381 e. The minimum absolute atomic E-state index is 0.165. The first kappa shape index (κ1) is 27.6. The molecule has 0 aliphatic carbocycles. The van der Waals surface area contributed by atoms with Gasteiger partial charge in [-0.2, -0.15) is 0 Å². The normalized spacial score (nSPS) is 15.3. The van der Waals surface area contributed by atoms with Gasteiger partial charge in [-0.05, 0) is 44.4 Å². The van der Waals surface area contributed by atoms with Gasteiger partial charge in [-0.15, -0.1) is 11.3 Å². The molecule has 0 spiro atoms. The van der Waals surface area contributed by atoms with E-state index in [0.29, 0.717) is 18.8 Å². The Morgan fingerprint density at radius 3 is 2.29 bits per heavy atom. The fraction of sp³-hybridized carbons (Fsp3) is 0.792. The molecule has 7 heteroatoms. The average molecular weight is 454 g/mol. The van der Waals surface area contributed by atoms with Gasteiger partial charge >= 0.3 is 0 Å². The molecule has 0 radical (unpaired) electrons. The highest BCUT2D eigenvalue weighted by Crippen LogP contribution is 2.25. The molecule has 1 fully saturated rings. The van der Waals surface area contributed by atoms with Crippen LogP contribution in [0.3, 0.4) is 0 Å². The standard InChI is InChI=1S/C21H36N2O2S.C3H7NO/c1-5-16(6-2)14-19-15(4)22-21(26-19)9-8-20(24)23-18(7-3)17-10-12-25-13-11-17;1-2-3(4)5/h16-18H,5-14H2,1-4H3,(H,23,24);2H2,1H3,(H2,4,5). The summed E-state index contributed by atoms with van der Waals surface area (Å²) in [6, 6.07) is 0.287. The van der Waals surface area contributed by atoms with Gasteiger partial charge in [-0.1, -0.05) is 40.5 Å². The van der Waals surface area contributed by atoms with Crippen molar-refractivity contribution in [1.82, 2.24) is 10.3 Å². The molecule has 0 aromatic carbocycles.